The van der Waals surface area contributed by atoms with Gasteiger partial charge in [-0.3, -0.25) is 4.79 Å². The van der Waals surface area contributed by atoms with Gasteiger partial charge in [0.25, 0.3) is 0 Å². The van der Waals surface area contributed by atoms with Gasteiger partial charge in [0.15, 0.2) is 0 Å². The van der Waals surface area contributed by atoms with E-state index >= 15 is 0 Å². The number of anilines is 1. The van der Waals surface area contributed by atoms with Crippen LogP contribution >= 0.6 is 12.4 Å². The molecular weight excluding hydrogens is 319 g/mol. The third kappa shape index (κ3) is 6.75. The molecule has 1 saturated heterocycles. The van der Waals surface area contributed by atoms with Gasteiger partial charge in [-0.25, -0.2) is 4.39 Å². The first-order valence-corrected chi connectivity index (χ1v) is 8.01. The van der Waals surface area contributed by atoms with Gasteiger partial charge in [-0.2, -0.15) is 0 Å². The predicted molar refractivity (Wildman–Crippen MR) is 92.9 cm³/mol. The third-order valence-corrected chi connectivity index (χ3v) is 3.82. The molecule has 4 nitrogen and oxygen atoms in total. The van der Waals surface area contributed by atoms with E-state index in [1.54, 1.807) is 12.1 Å². The van der Waals surface area contributed by atoms with Crippen LogP contribution < -0.4 is 15.4 Å². The van der Waals surface area contributed by atoms with Crippen molar-refractivity contribution in [3.8, 4) is 5.75 Å². The predicted octanol–water partition coefficient (Wildman–Crippen LogP) is 3.75. The summed E-state index contributed by atoms with van der Waals surface area (Å²) in [5.74, 6) is 0.474. The molecule has 23 heavy (non-hydrogen) atoms. The second-order valence-electron chi connectivity index (χ2n) is 6.09. The molecule has 1 fully saturated rings. The second-order valence-corrected chi connectivity index (χ2v) is 6.09. The highest BCUT2D eigenvalue weighted by Crippen LogP contribution is 2.23. The van der Waals surface area contributed by atoms with Gasteiger partial charge in [0.1, 0.15) is 11.6 Å². The van der Waals surface area contributed by atoms with Crippen molar-refractivity contribution in [2.45, 2.75) is 45.6 Å². The van der Waals surface area contributed by atoms with Crippen molar-refractivity contribution in [3.05, 3.63) is 24.0 Å². The molecule has 0 radical (unpaired) electrons. The van der Waals surface area contributed by atoms with Crippen molar-refractivity contribution in [3.63, 3.8) is 0 Å². The Morgan fingerprint density at radius 1 is 1.39 bits per heavy atom. The van der Waals surface area contributed by atoms with Crippen LogP contribution in [0.1, 0.15) is 39.5 Å². The summed E-state index contributed by atoms with van der Waals surface area (Å²) in [4.78, 5) is 11.9. The lowest BCUT2D eigenvalue weighted by atomic mass is 9.93. The standard InChI is InChI=1S/C17H25FN2O2.ClH/c1-12(2)22-14-4-5-16(15(18)11-14)20-17(21)6-3-13-7-9-19-10-8-13;/h4-5,11-13,19H,3,6-10H2,1-2H3,(H,20,21);1H. The fourth-order valence-electron chi connectivity index (χ4n) is 2.66. The van der Waals surface area contributed by atoms with Gasteiger partial charge in [-0.15, -0.1) is 12.4 Å². The Morgan fingerprint density at radius 2 is 2.09 bits per heavy atom. The number of nitrogens with one attached hydrogen (secondary N) is 2. The van der Waals surface area contributed by atoms with Gasteiger partial charge in [0.05, 0.1) is 11.8 Å². The molecule has 0 aromatic heterocycles. The second kappa shape index (κ2) is 9.73. The van der Waals surface area contributed by atoms with Crippen LogP contribution in [0.3, 0.4) is 0 Å². The number of amides is 1. The number of hydrogen-bond acceptors (Lipinski definition) is 3. The average molecular weight is 345 g/mol. The summed E-state index contributed by atoms with van der Waals surface area (Å²) in [5, 5.41) is 5.95. The molecular formula is C17H26ClFN2O2. The number of hydrogen-bond donors (Lipinski definition) is 2. The van der Waals surface area contributed by atoms with Crippen molar-refractivity contribution in [1.82, 2.24) is 5.32 Å². The number of halogens is 2. The lowest BCUT2D eigenvalue weighted by Gasteiger charge is -2.22. The summed E-state index contributed by atoms with van der Waals surface area (Å²) in [6.07, 6.45) is 3.52. The Hall–Kier alpha value is -1.33. The fraction of sp³-hybridized carbons (Fsp3) is 0.588. The molecule has 2 N–H and O–H groups in total. The maximum absolute atomic E-state index is 14.0. The number of carbonyl (C=O) groups excluding carboxylic acids is 1. The molecule has 0 unspecified atom stereocenters. The number of rotatable bonds is 6. The molecule has 0 bridgehead atoms. The number of benzene rings is 1. The molecule has 0 atom stereocenters. The minimum absolute atomic E-state index is 0. The number of ether oxygens (including phenoxy) is 1. The molecule has 0 aliphatic carbocycles. The maximum atomic E-state index is 14.0. The first-order valence-electron chi connectivity index (χ1n) is 8.01. The molecule has 6 heteroatoms. The molecule has 0 saturated carbocycles. The van der Waals surface area contributed by atoms with Gasteiger partial charge in [0.2, 0.25) is 5.91 Å². The van der Waals surface area contributed by atoms with E-state index in [9.17, 15) is 9.18 Å². The first-order chi connectivity index (χ1) is 10.5. The molecule has 1 aliphatic heterocycles. The summed E-state index contributed by atoms with van der Waals surface area (Å²) in [6.45, 7) is 5.82. The van der Waals surface area contributed by atoms with Gasteiger partial charge in [-0.1, -0.05) is 0 Å². The van der Waals surface area contributed by atoms with E-state index in [1.165, 1.54) is 6.07 Å². The van der Waals surface area contributed by atoms with Crippen molar-refractivity contribution in [2.75, 3.05) is 18.4 Å². The van der Waals surface area contributed by atoms with E-state index in [1.807, 2.05) is 13.8 Å². The van der Waals surface area contributed by atoms with E-state index in [2.05, 4.69) is 10.6 Å². The normalized spacial score (nSPS) is 15.1. The van der Waals surface area contributed by atoms with Gasteiger partial charge in [0, 0.05) is 12.5 Å². The van der Waals surface area contributed by atoms with Crippen molar-refractivity contribution in [2.24, 2.45) is 5.92 Å². The van der Waals surface area contributed by atoms with Gasteiger partial charge < -0.3 is 15.4 Å². The van der Waals surface area contributed by atoms with Crippen LogP contribution in [0.15, 0.2) is 18.2 Å². The molecule has 1 heterocycles. The molecule has 1 aromatic rings. The number of carbonyl (C=O) groups is 1. The van der Waals surface area contributed by atoms with Crippen LogP contribution in [0, 0.1) is 11.7 Å². The summed E-state index contributed by atoms with van der Waals surface area (Å²) in [6, 6.07) is 4.53. The molecule has 0 spiro atoms. The zero-order chi connectivity index (χ0) is 15.9. The summed E-state index contributed by atoms with van der Waals surface area (Å²) in [7, 11) is 0. The third-order valence-electron chi connectivity index (χ3n) is 3.82. The Morgan fingerprint density at radius 3 is 2.70 bits per heavy atom. The Balaban J connectivity index is 0.00000264. The van der Waals surface area contributed by atoms with Gasteiger partial charge in [-0.05, 0) is 64.3 Å². The van der Waals surface area contributed by atoms with Crippen molar-refractivity contribution < 1.29 is 13.9 Å². The van der Waals surface area contributed by atoms with Gasteiger partial charge >= 0.3 is 0 Å². The number of piperidine rings is 1. The largest absolute Gasteiger partial charge is 0.491 e. The van der Waals surface area contributed by atoms with Crippen LogP contribution in [0.2, 0.25) is 0 Å². The SMILES string of the molecule is CC(C)Oc1ccc(NC(=O)CCC2CCNCC2)c(F)c1.Cl. The Kier molecular flexibility index (Phi) is 8.34. The highest BCUT2D eigenvalue weighted by Gasteiger charge is 2.15. The first kappa shape index (κ1) is 19.7. The van der Waals surface area contributed by atoms with Crippen molar-refractivity contribution in [1.29, 1.82) is 0 Å². The molecule has 1 amide bonds. The smallest absolute Gasteiger partial charge is 0.224 e. The van der Waals surface area contributed by atoms with E-state index in [-0.39, 0.29) is 30.1 Å². The minimum Gasteiger partial charge on any atom is -0.491 e. The lowest BCUT2D eigenvalue weighted by molar-refractivity contribution is -0.116. The van der Waals surface area contributed by atoms with E-state index in [0.29, 0.717) is 18.1 Å². The van der Waals surface area contributed by atoms with E-state index in [0.717, 1.165) is 32.4 Å². The minimum atomic E-state index is -0.464. The van der Waals surface area contributed by atoms with Crippen molar-refractivity contribution >= 4 is 24.0 Å². The molecule has 2 rings (SSSR count). The quantitative estimate of drug-likeness (QED) is 0.826. The van der Waals surface area contributed by atoms with Crippen LogP contribution in [-0.4, -0.2) is 25.1 Å². The Bertz CT molecular complexity index is 505. The molecule has 1 aromatic carbocycles. The van der Waals surface area contributed by atoms with Crippen LogP contribution in [0.5, 0.6) is 5.75 Å². The highest BCUT2D eigenvalue weighted by atomic mass is 35.5. The van der Waals surface area contributed by atoms with E-state index in [4.69, 9.17) is 4.74 Å². The highest BCUT2D eigenvalue weighted by molar-refractivity contribution is 5.90. The summed E-state index contributed by atoms with van der Waals surface area (Å²) < 4.78 is 19.4. The average Bonchev–Trinajstić information content (AvgIpc) is 2.48. The van der Waals surface area contributed by atoms with Crippen LogP contribution in [0.25, 0.3) is 0 Å². The Labute approximate surface area is 143 Å². The summed E-state index contributed by atoms with van der Waals surface area (Å²) in [5.41, 5.74) is 0.214. The fourth-order valence-corrected chi connectivity index (χ4v) is 2.66. The zero-order valence-electron chi connectivity index (χ0n) is 13.7. The topological polar surface area (TPSA) is 50.4 Å². The van der Waals surface area contributed by atoms with Crippen LogP contribution in [0.4, 0.5) is 10.1 Å². The zero-order valence-corrected chi connectivity index (χ0v) is 14.5. The van der Waals surface area contributed by atoms with E-state index < -0.39 is 5.82 Å². The van der Waals surface area contributed by atoms with Crippen LogP contribution in [-0.2, 0) is 4.79 Å². The lowest BCUT2D eigenvalue weighted by Crippen LogP contribution is -2.28. The maximum Gasteiger partial charge on any atom is 0.224 e. The molecule has 1 aliphatic rings. The monoisotopic (exact) mass is 344 g/mol. The summed E-state index contributed by atoms with van der Waals surface area (Å²) >= 11 is 0. The molecule has 130 valence electrons.